The van der Waals surface area contributed by atoms with Gasteiger partial charge in [0.2, 0.25) is 0 Å². The first-order valence-electron chi connectivity index (χ1n) is 16.4. The lowest BCUT2D eigenvalue weighted by Gasteiger charge is -2.36. The van der Waals surface area contributed by atoms with Crippen LogP contribution in [0.1, 0.15) is 66.3 Å². The third-order valence-corrected chi connectivity index (χ3v) is 9.97. The number of nitrogens with one attached hydrogen (secondary N) is 1. The first-order valence-corrected chi connectivity index (χ1v) is 17.9. The van der Waals surface area contributed by atoms with Crippen LogP contribution < -0.4 is 9.46 Å². The summed E-state index contributed by atoms with van der Waals surface area (Å²) in [6, 6.07) is 15.1. The molecule has 0 fully saturated rings. The lowest BCUT2D eigenvalue weighted by atomic mass is 10.0. The smallest absolute Gasteiger partial charge is 0.335 e. The molecule has 3 N–H and O–H groups in total. The zero-order valence-corrected chi connectivity index (χ0v) is 29.2. The number of likely N-dealkylation sites (N-methyl/N-ethyl adjacent to an activating group) is 1. The Balaban J connectivity index is 1.62. The minimum atomic E-state index is -4.09. The predicted molar refractivity (Wildman–Crippen MR) is 184 cm³/mol. The summed E-state index contributed by atoms with van der Waals surface area (Å²) in [5, 5.41) is 19.4. The average molecular weight is 700 g/mol. The van der Waals surface area contributed by atoms with Crippen LogP contribution in [0, 0.1) is 11.7 Å². The van der Waals surface area contributed by atoms with E-state index in [1.54, 1.807) is 42.2 Å². The van der Waals surface area contributed by atoms with Crippen LogP contribution in [0.25, 0.3) is 0 Å². The van der Waals surface area contributed by atoms with E-state index in [0.29, 0.717) is 31.9 Å². The van der Waals surface area contributed by atoms with Crippen LogP contribution in [0.5, 0.6) is 5.75 Å². The molecule has 4 rings (SSSR count). The number of hydrogen-bond acceptors (Lipinski definition) is 8. The van der Waals surface area contributed by atoms with Crippen molar-refractivity contribution in [3.05, 3.63) is 89.2 Å². The fraction of sp³-hybridized carbons (Fsp3) is 0.444. The van der Waals surface area contributed by atoms with Crippen LogP contribution in [0.2, 0.25) is 0 Å². The molecular weight excluding hydrogens is 653 g/mol. The minimum absolute atomic E-state index is 0.123. The molecule has 0 saturated heterocycles. The van der Waals surface area contributed by atoms with E-state index < -0.39 is 33.8 Å². The number of aliphatic hydroxyl groups is 1. The molecule has 0 spiro atoms. The maximum absolute atomic E-state index is 14.4. The maximum atomic E-state index is 14.4. The molecule has 1 heterocycles. The van der Waals surface area contributed by atoms with E-state index in [1.165, 1.54) is 12.1 Å². The Kier molecular flexibility index (Phi) is 13.2. The van der Waals surface area contributed by atoms with Gasteiger partial charge in [0.25, 0.3) is 15.9 Å². The van der Waals surface area contributed by atoms with Gasteiger partial charge in [-0.25, -0.2) is 17.6 Å². The van der Waals surface area contributed by atoms with Gasteiger partial charge in [-0.15, -0.1) is 0 Å². The summed E-state index contributed by atoms with van der Waals surface area (Å²) >= 11 is 0. The number of nitrogens with zero attached hydrogens (tertiary/aromatic N) is 2. The van der Waals surface area contributed by atoms with E-state index in [2.05, 4.69) is 9.62 Å². The van der Waals surface area contributed by atoms with Crippen molar-refractivity contribution in [3.8, 4) is 5.75 Å². The zero-order valence-electron chi connectivity index (χ0n) is 28.3. The van der Waals surface area contributed by atoms with Crippen LogP contribution in [-0.4, -0.2) is 91.9 Å². The number of amides is 1. The number of hydrogen-bond donors (Lipinski definition) is 3. The number of halogens is 1. The second kappa shape index (κ2) is 17.1. The van der Waals surface area contributed by atoms with Crippen molar-refractivity contribution < 1.29 is 42.1 Å². The van der Waals surface area contributed by atoms with Crippen molar-refractivity contribution in [2.45, 2.75) is 69.7 Å². The number of fused-ring (bicyclic) bond motifs is 1. The SMILES string of the molecule is C[C@H]1CCCCO[C@H](CN(C)Cc2ccc(C(=O)O)cc2)[C@@H](C)CN([C@@H](C)CO)C(=O)c2cc(NS(=O)(=O)c3ccc(F)cc3)ccc2O1. The van der Waals surface area contributed by atoms with Crippen molar-refractivity contribution >= 4 is 27.6 Å². The Morgan fingerprint density at radius 3 is 2.43 bits per heavy atom. The van der Waals surface area contributed by atoms with Crippen LogP contribution in [0.4, 0.5) is 10.1 Å². The van der Waals surface area contributed by atoms with Gasteiger partial charge in [0.05, 0.1) is 40.9 Å². The van der Waals surface area contributed by atoms with Crippen molar-refractivity contribution in [2.24, 2.45) is 5.92 Å². The third-order valence-electron chi connectivity index (χ3n) is 8.57. The van der Waals surface area contributed by atoms with Crippen molar-refractivity contribution in [3.63, 3.8) is 0 Å². The number of sulfonamides is 1. The first kappa shape index (κ1) is 37.8. The number of anilines is 1. The van der Waals surface area contributed by atoms with Crippen molar-refractivity contribution in [1.82, 2.24) is 9.80 Å². The van der Waals surface area contributed by atoms with Crippen molar-refractivity contribution in [2.75, 3.05) is 38.1 Å². The fourth-order valence-corrected chi connectivity index (χ4v) is 6.76. The van der Waals surface area contributed by atoms with Gasteiger partial charge in [0.15, 0.2) is 0 Å². The van der Waals surface area contributed by atoms with Gasteiger partial charge in [-0.1, -0.05) is 19.1 Å². The summed E-state index contributed by atoms with van der Waals surface area (Å²) in [5.41, 5.74) is 1.42. The molecule has 0 saturated carbocycles. The summed E-state index contributed by atoms with van der Waals surface area (Å²) in [4.78, 5) is 29.1. The maximum Gasteiger partial charge on any atom is 0.335 e. The molecule has 0 radical (unpaired) electrons. The minimum Gasteiger partial charge on any atom is -0.490 e. The normalized spacial score (nSPS) is 20.2. The van der Waals surface area contributed by atoms with Crippen LogP contribution in [-0.2, 0) is 21.3 Å². The number of carbonyl (C=O) groups is 2. The lowest BCUT2D eigenvalue weighted by Crippen LogP contribution is -2.47. The second-order valence-electron chi connectivity index (χ2n) is 12.8. The molecule has 3 aromatic rings. The van der Waals surface area contributed by atoms with Gasteiger partial charge in [-0.2, -0.15) is 0 Å². The van der Waals surface area contributed by atoms with E-state index >= 15 is 0 Å². The summed E-state index contributed by atoms with van der Waals surface area (Å²) < 4.78 is 54.8. The molecule has 49 heavy (non-hydrogen) atoms. The summed E-state index contributed by atoms with van der Waals surface area (Å²) in [5.74, 6) is -1.88. The molecule has 13 heteroatoms. The Labute approximate surface area is 287 Å². The van der Waals surface area contributed by atoms with E-state index in [4.69, 9.17) is 9.47 Å². The molecule has 0 unspecified atom stereocenters. The fourth-order valence-electron chi connectivity index (χ4n) is 5.71. The molecule has 0 aliphatic carbocycles. The Bertz CT molecular complexity index is 1670. The number of aliphatic hydroxyl groups excluding tert-OH is 1. The van der Waals surface area contributed by atoms with E-state index in [-0.39, 0.29) is 53.0 Å². The predicted octanol–water partition coefficient (Wildman–Crippen LogP) is 5.25. The van der Waals surface area contributed by atoms with Gasteiger partial charge < -0.3 is 24.6 Å². The highest BCUT2D eigenvalue weighted by Crippen LogP contribution is 2.29. The third kappa shape index (κ3) is 10.5. The number of carboxylic acids is 1. The highest BCUT2D eigenvalue weighted by molar-refractivity contribution is 7.92. The first-order chi connectivity index (χ1) is 23.3. The summed E-state index contributed by atoms with van der Waals surface area (Å²) in [6.07, 6.45) is 1.77. The molecule has 1 aliphatic heterocycles. The van der Waals surface area contributed by atoms with E-state index in [1.807, 2.05) is 20.9 Å². The number of carboxylic acid groups (broad SMARTS) is 1. The highest BCUT2D eigenvalue weighted by atomic mass is 32.2. The van der Waals surface area contributed by atoms with Gasteiger partial charge >= 0.3 is 5.97 Å². The highest BCUT2D eigenvalue weighted by Gasteiger charge is 2.31. The van der Waals surface area contributed by atoms with Gasteiger partial charge in [-0.3, -0.25) is 14.4 Å². The summed E-state index contributed by atoms with van der Waals surface area (Å²) in [7, 11) is -2.14. The second-order valence-corrected chi connectivity index (χ2v) is 14.5. The van der Waals surface area contributed by atoms with Crippen molar-refractivity contribution in [1.29, 1.82) is 0 Å². The number of aromatic carboxylic acids is 1. The summed E-state index contributed by atoms with van der Waals surface area (Å²) in [6.45, 7) is 7.16. The standard InChI is InChI=1S/C36H46FN3O8S/c1-24-20-40(25(2)23-41)35(42)32-19-30(38-49(45,46)31-15-12-29(37)13-16-31)14-17-33(32)48-26(3)7-5-6-18-47-34(24)22-39(4)21-27-8-10-28(11-9-27)36(43)44/h8-17,19,24-26,34,38,41H,5-7,18,20-23H2,1-4H3,(H,43,44)/t24-,25-,26-,34+/m0/s1. The molecule has 4 atom stereocenters. The van der Waals surface area contributed by atoms with Crippen LogP contribution in [0.15, 0.2) is 71.6 Å². The number of ether oxygens (including phenoxy) is 2. The van der Waals surface area contributed by atoms with Crippen LogP contribution in [0.3, 0.4) is 0 Å². The van der Waals surface area contributed by atoms with Gasteiger partial charge in [0.1, 0.15) is 11.6 Å². The van der Waals surface area contributed by atoms with E-state index in [0.717, 1.165) is 42.7 Å². The Hall–Kier alpha value is -4.04. The molecule has 0 bridgehead atoms. The average Bonchev–Trinajstić information content (AvgIpc) is 3.06. The van der Waals surface area contributed by atoms with Gasteiger partial charge in [0, 0.05) is 37.8 Å². The molecule has 1 aliphatic rings. The number of benzene rings is 3. The Morgan fingerprint density at radius 1 is 1.08 bits per heavy atom. The topological polar surface area (TPSA) is 146 Å². The molecule has 266 valence electrons. The van der Waals surface area contributed by atoms with Gasteiger partial charge in [-0.05, 0) is 100 Å². The molecule has 3 aromatic carbocycles. The zero-order chi connectivity index (χ0) is 35.7. The molecule has 1 amide bonds. The molecular formula is C36H46FN3O8S. The Morgan fingerprint density at radius 2 is 1.78 bits per heavy atom. The van der Waals surface area contributed by atoms with Crippen LogP contribution >= 0.6 is 0 Å². The molecule has 11 nitrogen and oxygen atoms in total. The quantitative estimate of drug-likeness (QED) is 0.258. The lowest BCUT2D eigenvalue weighted by molar-refractivity contribution is -0.0177. The largest absolute Gasteiger partial charge is 0.490 e. The number of carbonyl (C=O) groups excluding carboxylic acids is 1. The monoisotopic (exact) mass is 699 g/mol. The number of rotatable bonds is 10. The molecule has 0 aromatic heterocycles. The van der Waals surface area contributed by atoms with E-state index in [9.17, 15) is 32.6 Å².